The first-order chi connectivity index (χ1) is 37.2. The van der Waals surface area contributed by atoms with Gasteiger partial charge in [-0.3, -0.25) is 14.4 Å². The molecule has 81 heavy (non-hydrogen) atoms. The standard InChI is InChI=1S/C27H36N7O2P.C24H34N7OP.C3H3ClO.CH2O3.ClH.Na/c1-8-25(35)30-22-17-20(13-14-23(22)34(5)16-15-33(3)4)29-27-28-18-19(2)26(32-27)31-21-11-9-10-12-24(21)37(6,7)36;1-17-16-26-24(29-23(17)28-20-9-7-8-10-22(20)33(5,6)32)27-18-11-12-21(19(25)15-18)31(4)14-13-30(2)3;1-2-3(4)5;2-1-4-3;;/h8-14,17-18H,1,15-16H2,2-7H3,(H,30,35)(H2,28,29,31,32);7-12,15-16H,13-14,25H2,1-6H3,(H2,26,27,28,29);2H,1H2;1,3H;1H;/q;;;;;+1/p-1. The molecular weight excluding hydrogens is 1120 g/mol. The molecule has 2 aromatic heterocycles. The number of carbonyl (C=O) groups is 3. The molecule has 26 heteroatoms. The monoisotopic (exact) mass is 1200 g/mol. The second-order valence-corrected chi connectivity index (χ2v) is 25.8. The first-order valence-corrected chi connectivity index (χ1v) is 30.1. The van der Waals surface area contributed by atoms with Crippen LogP contribution in [0.15, 0.2) is 123 Å². The van der Waals surface area contributed by atoms with Gasteiger partial charge in [-0.2, -0.15) is 9.97 Å². The maximum atomic E-state index is 12.8. The third-order valence-electron chi connectivity index (χ3n) is 11.2. The number of amides is 1. The summed E-state index contributed by atoms with van der Waals surface area (Å²) in [7, 11) is 7.23. The van der Waals surface area contributed by atoms with Crippen molar-refractivity contribution in [3.05, 3.63) is 134 Å². The molecule has 0 bridgehead atoms. The first-order valence-electron chi connectivity index (χ1n) is 24.5. The molecule has 0 saturated carbocycles. The van der Waals surface area contributed by atoms with Gasteiger partial charge in [0.1, 0.15) is 25.9 Å². The fourth-order valence-corrected chi connectivity index (χ4v) is 9.33. The molecule has 7 N–H and O–H groups in total. The summed E-state index contributed by atoms with van der Waals surface area (Å²) < 4.78 is 25.5. The average Bonchev–Trinajstić information content (AvgIpc) is 3.40. The van der Waals surface area contributed by atoms with Gasteiger partial charge in [-0.05, 0) is 153 Å². The van der Waals surface area contributed by atoms with Crippen LogP contribution in [0.4, 0.5) is 69.0 Å². The number of halogens is 2. The number of para-hydroxylation sites is 2. The molecular formula is C55H75Cl2N14NaO7P2. The van der Waals surface area contributed by atoms with Crippen molar-refractivity contribution < 1.29 is 63.2 Å². The van der Waals surface area contributed by atoms with E-state index in [1.165, 1.54) is 6.08 Å². The molecule has 21 nitrogen and oxygen atoms in total. The number of allylic oxidation sites excluding steroid dienone is 1. The van der Waals surface area contributed by atoms with E-state index in [-0.39, 0.29) is 54.3 Å². The van der Waals surface area contributed by atoms with Gasteiger partial charge in [-0.25, -0.2) is 9.97 Å². The summed E-state index contributed by atoms with van der Waals surface area (Å²) in [6.07, 6.45) is 5.77. The predicted molar refractivity (Wildman–Crippen MR) is 333 cm³/mol. The van der Waals surface area contributed by atoms with Crippen molar-refractivity contribution in [1.29, 1.82) is 0 Å². The summed E-state index contributed by atoms with van der Waals surface area (Å²) in [4.78, 5) is 59.4. The number of hydrogen-bond donors (Lipinski definition) is 6. The van der Waals surface area contributed by atoms with E-state index in [4.69, 9.17) is 27.4 Å². The topological polar surface area (TPSA) is 268 Å². The Morgan fingerprint density at radius 3 is 1.42 bits per heavy atom. The Labute approximate surface area is 510 Å². The van der Waals surface area contributed by atoms with Gasteiger partial charge in [0.25, 0.3) is 6.47 Å². The molecule has 0 spiro atoms. The largest absolute Gasteiger partial charge is 1.00 e. The molecule has 2 heterocycles. The van der Waals surface area contributed by atoms with Gasteiger partial charge in [0.2, 0.25) is 23.0 Å². The van der Waals surface area contributed by atoms with Crippen LogP contribution in [0.5, 0.6) is 0 Å². The van der Waals surface area contributed by atoms with Crippen molar-refractivity contribution in [2.45, 2.75) is 13.8 Å². The Hall–Kier alpha value is -6.35. The number of nitrogens with one attached hydrogen (secondary N) is 5. The third-order valence-corrected chi connectivity index (χ3v) is 14.4. The van der Waals surface area contributed by atoms with Crippen LogP contribution in [0.1, 0.15) is 11.1 Å². The summed E-state index contributed by atoms with van der Waals surface area (Å²) in [5, 5.41) is 25.5. The van der Waals surface area contributed by atoms with Gasteiger partial charge < -0.3 is 71.2 Å². The predicted octanol–water partition coefficient (Wildman–Crippen LogP) is 5.54. The summed E-state index contributed by atoms with van der Waals surface area (Å²) in [5.41, 5.74) is 14.3. The van der Waals surface area contributed by atoms with Crippen molar-refractivity contribution in [1.82, 2.24) is 29.7 Å². The smallest absolute Gasteiger partial charge is 0.662 e. The number of hydrogen-bond acceptors (Lipinski definition) is 20. The number of nitrogens with zero attached hydrogens (tertiary/aromatic N) is 8. The minimum absolute atomic E-state index is 0. The van der Waals surface area contributed by atoms with E-state index in [0.29, 0.717) is 40.6 Å². The number of anilines is 12. The molecule has 0 aliphatic rings. The number of aryl methyl sites for hydroxylation is 2. The van der Waals surface area contributed by atoms with Gasteiger partial charge in [-0.15, -0.1) is 12.4 Å². The number of benzene rings is 4. The average molecular weight is 1200 g/mol. The minimum atomic E-state index is -2.49. The summed E-state index contributed by atoms with van der Waals surface area (Å²) >= 11 is 4.71. The van der Waals surface area contributed by atoms with E-state index >= 15 is 0 Å². The van der Waals surface area contributed by atoms with E-state index < -0.39 is 19.5 Å². The molecule has 0 fully saturated rings. The third kappa shape index (κ3) is 25.1. The van der Waals surface area contributed by atoms with E-state index in [1.807, 2.05) is 127 Å². The van der Waals surface area contributed by atoms with Crippen LogP contribution in [-0.4, -0.2) is 142 Å². The molecule has 1 amide bonds. The fourth-order valence-electron chi connectivity index (χ4n) is 7.02. The van der Waals surface area contributed by atoms with Crippen LogP contribution in [0.3, 0.4) is 0 Å². The van der Waals surface area contributed by atoms with Crippen LogP contribution in [0, 0.1) is 13.8 Å². The molecule has 432 valence electrons. The minimum Gasteiger partial charge on any atom is -0.662 e. The number of nitrogens with two attached hydrogens (primary N) is 1. The van der Waals surface area contributed by atoms with E-state index in [2.05, 4.69) is 98.3 Å². The second kappa shape index (κ2) is 35.5. The molecule has 6 aromatic rings. The van der Waals surface area contributed by atoms with Crippen molar-refractivity contribution in [2.24, 2.45) is 0 Å². The zero-order valence-corrected chi connectivity index (χ0v) is 53.8. The van der Waals surface area contributed by atoms with Crippen LogP contribution in [0.2, 0.25) is 0 Å². The van der Waals surface area contributed by atoms with E-state index in [1.54, 1.807) is 39.1 Å². The quantitative estimate of drug-likeness (QED) is 0.00712. The Bertz CT molecular complexity index is 3130. The summed E-state index contributed by atoms with van der Waals surface area (Å²) in [6.45, 7) is 20.8. The number of nitrogen functional groups attached to an aromatic ring is 1. The summed E-state index contributed by atoms with van der Waals surface area (Å²) in [6, 6.07) is 26.7. The van der Waals surface area contributed by atoms with E-state index in [0.717, 1.165) is 82.4 Å². The number of aromatic nitrogens is 4. The van der Waals surface area contributed by atoms with Crippen molar-refractivity contribution in [3.8, 4) is 0 Å². The van der Waals surface area contributed by atoms with Crippen LogP contribution in [0.25, 0.3) is 0 Å². The van der Waals surface area contributed by atoms with Crippen LogP contribution >= 0.6 is 38.3 Å². The molecule has 0 aliphatic heterocycles. The maximum absolute atomic E-state index is 12.8. The fraction of sp³-hybridized carbons (Fsp3) is 0.291. The van der Waals surface area contributed by atoms with Gasteiger partial charge in [0.15, 0.2) is 0 Å². The van der Waals surface area contributed by atoms with Crippen molar-refractivity contribution in [3.63, 3.8) is 0 Å². The molecule has 0 atom stereocenters. The SMILES string of the molecule is C=CC(=O)Cl.C=CC(=O)Nc1cc(Nc2ncc(C)c(Nc3ccccc3P(C)(C)=O)n2)ccc1N(C)CCN(C)C.Cc1cnc(Nc2ccc(N(C)CCN(C)C)c(N)c2)nc1Nc1ccccc1P(C)(C)=O.Cl.O=CO[O-].[Na+]. The molecule has 6 rings (SSSR count). The first kappa shape index (κ1) is 72.7. The van der Waals surface area contributed by atoms with Crippen LogP contribution < -0.4 is 87.5 Å². The Morgan fingerprint density at radius 1 is 0.654 bits per heavy atom. The Kier molecular flexibility index (Phi) is 31.8. The van der Waals surface area contributed by atoms with Crippen LogP contribution in [-0.2, 0) is 28.4 Å². The molecule has 0 radical (unpaired) electrons. The maximum Gasteiger partial charge on any atom is 1.00 e. The summed E-state index contributed by atoms with van der Waals surface area (Å²) in [5.74, 6) is 1.81. The van der Waals surface area contributed by atoms with Crippen molar-refractivity contribution >= 4 is 136 Å². The molecule has 0 unspecified atom stereocenters. The molecule has 0 aliphatic carbocycles. The molecule has 4 aromatic carbocycles. The van der Waals surface area contributed by atoms with Gasteiger partial charge in [0.05, 0.1) is 34.1 Å². The van der Waals surface area contributed by atoms with Gasteiger partial charge in [-0.1, -0.05) is 37.4 Å². The zero-order valence-electron chi connectivity index (χ0n) is 48.4. The Morgan fingerprint density at radius 2 is 1.05 bits per heavy atom. The number of rotatable bonds is 22. The van der Waals surface area contributed by atoms with Crippen molar-refractivity contribution in [2.75, 3.05) is 137 Å². The molecule has 0 saturated heterocycles. The number of likely N-dealkylation sites (N-methyl/N-ethyl adjacent to an activating group) is 4. The van der Waals surface area contributed by atoms with Gasteiger partial charge >= 0.3 is 29.6 Å². The zero-order chi connectivity index (χ0) is 59.0. The Balaban J connectivity index is 0.000000691. The normalized spacial score (nSPS) is 10.5. The number of carbonyl (C=O) groups excluding carboxylic acids is 3. The second-order valence-electron chi connectivity index (χ2n) is 19.0. The van der Waals surface area contributed by atoms with Gasteiger partial charge in [0, 0.05) is 85.8 Å². The van der Waals surface area contributed by atoms with E-state index in [9.17, 15) is 18.7 Å².